The summed E-state index contributed by atoms with van der Waals surface area (Å²) in [4.78, 5) is 12.2. The molecule has 0 heterocycles. The number of carbonyl (C=O) groups is 1. The minimum atomic E-state index is 0.227. The molecule has 2 saturated carbocycles. The second kappa shape index (κ2) is 4.99. The summed E-state index contributed by atoms with van der Waals surface area (Å²) in [5, 5.41) is 3.20. The first kappa shape index (κ1) is 12.7. The SMILES string of the molecule is Cc1ccccc1CC(C)NC(=O)C1CC2CC2C1. The Morgan fingerprint density at radius 3 is 2.63 bits per heavy atom. The van der Waals surface area contributed by atoms with E-state index in [1.165, 1.54) is 17.5 Å². The zero-order valence-electron chi connectivity index (χ0n) is 11.9. The van der Waals surface area contributed by atoms with E-state index < -0.39 is 0 Å². The van der Waals surface area contributed by atoms with Gasteiger partial charge in [0.25, 0.3) is 0 Å². The first-order valence-corrected chi connectivity index (χ1v) is 7.48. The molecule has 1 amide bonds. The van der Waals surface area contributed by atoms with Crippen LogP contribution in [0.4, 0.5) is 0 Å². The molecule has 1 N–H and O–H groups in total. The maximum Gasteiger partial charge on any atom is 0.223 e. The van der Waals surface area contributed by atoms with Gasteiger partial charge in [-0.3, -0.25) is 4.79 Å². The van der Waals surface area contributed by atoms with Crippen molar-refractivity contribution in [2.24, 2.45) is 17.8 Å². The van der Waals surface area contributed by atoms with E-state index in [0.29, 0.717) is 5.92 Å². The van der Waals surface area contributed by atoms with Gasteiger partial charge in [0.05, 0.1) is 0 Å². The van der Waals surface area contributed by atoms with Gasteiger partial charge >= 0.3 is 0 Å². The number of aryl methyl sites for hydroxylation is 1. The highest BCUT2D eigenvalue weighted by Crippen LogP contribution is 2.54. The molecule has 3 unspecified atom stereocenters. The second-order valence-corrected chi connectivity index (χ2v) is 6.46. The van der Waals surface area contributed by atoms with E-state index in [-0.39, 0.29) is 11.9 Å². The molecule has 0 bridgehead atoms. The third kappa shape index (κ3) is 2.83. The van der Waals surface area contributed by atoms with Crippen LogP contribution in [0.3, 0.4) is 0 Å². The van der Waals surface area contributed by atoms with Crippen LogP contribution in [0.5, 0.6) is 0 Å². The lowest BCUT2D eigenvalue weighted by molar-refractivity contribution is -0.125. The fourth-order valence-electron chi connectivity index (χ4n) is 3.51. The standard InChI is InChI=1S/C17H23NO/c1-11-5-3-4-6-13(11)7-12(2)18-17(19)16-9-14-8-15(14)10-16/h3-6,12,14-16H,7-10H2,1-2H3,(H,18,19). The third-order valence-corrected chi connectivity index (χ3v) is 4.79. The van der Waals surface area contributed by atoms with Crippen LogP contribution in [0, 0.1) is 24.7 Å². The molecule has 0 saturated heterocycles. The van der Waals surface area contributed by atoms with Crippen LogP contribution in [-0.2, 0) is 11.2 Å². The molecule has 2 fully saturated rings. The van der Waals surface area contributed by atoms with Gasteiger partial charge in [-0.1, -0.05) is 24.3 Å². The molecule has 2 nitrogen and oxygen atoms in total. The molecule has 3 rings (SSSR count). The lowest BCUT2D eigenvalue weighted by Gasteiger charge is -2.18. The Morgan fingerprint density at radius 2 is 1.95 bits per heavy atom. The van der Waals surface area contributed by atoms with Gasteiger partial charge in [0, 0.05) is 12.0 Å². The molecule has 0 aliphatic heterocycles. The van der Waals surface area contributed by atoms with Crippen LogP contribution >= 0.6 is 0 Å². The first-order valence-electron chi connectivity index (χ1n) is 7.48. The molecule has 1 aromatic carbocycles. The number of hydrogen-bond donors (Lipinski definition) is 1. The maximum atomic E-state index is 12.2. The zero-order chi connectivity index (χ0) is 13.4. The van der Waals surface area contributed by atoms with Crippen LogP contribution in [0.25, 0.3) is 0 Å². The van der Waals surface area contributed by atoms with Crippen molar-refractivity contribution in [2.45, 2.75) is 45.6 Å². The van der Waals surface area contributed by atoms with Crippen LogP contribution in [0.2, 0.25) is 0 Å². The van der Waals surface area contributed by atoms with Crippen molar-refractivity contribution in [2.75, 3.05) is 0 Å². The largest absolute Gasteiger partial charge is 0.353 e. The predicted octanol–water partition coefficient (Wildman–Crippen LogP) is 3.09. The van der Waals surface area contributed by atoms with E-state index in [2.05, 4.69) is 43.4 Å². The molecule has 1 aromatic rings. The van der Waals surface area contributed by atoms with Crippen LogP contribution in [-0.4, -0.2) is 11.9 Å². The number of benzene rings is 1. The average molecular weight is 257 g/mol. The van der Waals surface area contributed by atoms with E-state index >= 15 is 0 Å². The lowest BCUT2D eigenvalue weighted by Crippen LogP contribution is -2.38. The summed E-state index contributed by atoms with van der Waals surface area (Å²) in [6.07, 6.45) is 4.57. The summed E-state index contributed by atoms with van der Waals surface area (Å²) in [5.41, 5.74) is 2.65. The van der Waals surface area contributed by atoms with Crippen molar-refractivity contribution in [1.29, 1.82) is 0 Å². The Balaban J connectivity index is 1.52. The number of nitrogens with one attached hydrogen (secondary N) is 1. The molecule has 2 aliphatic carbocycles. The van der Waals surface area contributed by atoms with Crippen molar-refractivity contribution >= 4 is 5.91 Å². The Kier molecular flexibility index (Phi) is 3.34. The van der Waals surface area contributed by atoms with Crippen LogP contribution in [0.1, 0.15) is 37.3 Å². The van der Waals surface area contributed by atoms with E-state index in [1.54, 1.807) is 0 Å². The monoisotopic (exact) mass is 257 g/mol. The number of fused-ring (bicyclic) bond motifs is 1. The predicted molar refractivity (Wildman–Crippen MR) is 76.8 cm³/mol. The lowest BCUT2D eigenvalue weighted by atomic mass is 9.99. The topological polar surface area (TPSA) is 29.1 Å². The highest BCUT2D eigenvalue weighted by Gasteiger charge is 2.48. The first-order chi connectivity index (χ1) is 9.13. The van der Waals surface area contributed by atoms with E-state index in [4.69, 9.17) is 0 Å². The molecule has 0 spiro atoms. The molecule has 2 heteroatoms. The fourth-order valence-corrected chi connectivity index (χ4v) is 3.51. The van der Waals surface area contributed by atoms with E-state index in [9.17, 15) is 4.79 Å². The Morgan fingerprint density at radius 1 is 1.26 bits per heavy atom. The summed E-state index contributed by atoms with van der Waals surface area (Å²) in [7, 11) is 0. The molecule has 19 heavy (non-hydrogen) atoms. The molecule has 0 radical (unpaired) electrons. The van der Waals surface area contributed by atoms with Crippen molar-refractivity contribution in [3.63, 3.8) is 0 Å². The zero-order valence-corrected chi connectivity index (χ0v) is 11.9. The van der Waals surface area contributed by atoms with Gasteiger partial charge in [0.15, 0.2) is 0 Å². The smallest absolute Gasteiger partial charge is 0.223 e. The van der Waals surface area contributed by atoms with Crippen molar-refractivity contribution in [3.8, 4) is 0 Å². The quantitative estimate of drug-likeness (QED) is 0.882. The molecule has 0 aromatic heterocycles. The average Bonchev–Trinajstić information content (AvgIpc) is 2.99. The van der Waals surface area contributed by atoms with Gasteiger partial charge in [0.1, 0.15) is 0 Å². The van der Waals surface area contributed by atoms with Gasteiger partial charge in [-0.15, -0.1) is 0 Å². The van der Waals surface area contributed by atoms with Gasteiger partial charge in [-0.2, -0.15) is 0 Å². The number of carbonyl (C=O) groups excluding carboxylic acids is 1. The summed E-state index contributed by atoms with van der Waals surface area (Å²) < 4.78 is 0. The number of amides is 1. The minimum absolute atomic E-state index is 0.227. The summed E-state index contributed by atoms with van der Waals surface area (Å²) in [6.45, 7) is 4.24. The third-order valence-electron chi connectivity index (χ3n) is 4.79. The van der Waals surface area contributed by atoms with Crippen molar-refractivity contribution in [1.82, 2.24) is 5.32 Å². The Hall–Kier alpha value is -1.31. The highest BCUT2D eigenvalue weighted by molar-refractivity contribution is 5.79. The van der Waals surface area contributed by atoms with Gasteiger partial charge in [-0.05, 0) is 62.5 Å². The second-order valence-electron chi connectivity index (χ2n) is 6.46. The molecule has 102 valence electrons. The Labute approximate surface area is 115 Å². The van der Waals surface area contributed by atoms with Crippen molar-refractivity contribution in [3.05, 3.63) is 35.4 Å². The van der Waals surface area contributed by atoms with Gasteiger partial charge < -0.3 is 5.32 Å². The normalized spacial score (nSPS) is 29.7. The molecule has 2 aliphatic rings. The maximum absolute atomic E-state index is 12.2. The summed E-state index contributed by atoms with van der Waals surface area (Å²) in [5.74, 6) is 2.33. The van der Waals surface area contributed by atoms with Crippen LogP contribution in [0.15, 0.2) is 24.3 Å². The minimum Gasteiger partial charge on any atom is -0.353 e. The van der Waals surface area contributed by atoms with E-state index in [0.717, 1.165) is 31.1 Å². The van der Waals surface area contributed by atoms with E-state index in [1.807, 2.05) is 0 Å². The van der Waals surface area contributed by atoms with Gasteiger partial charge in [0.2, 0.25) is 5.91 Å². The highest BCUT2D eigenvalue weighted by atomic mass is 16.1. The summed E-state index contributed by atoms with van der Waals surface area (Å²) >= 11 is 0. The fraction of sp³-hybridized carbons (Fsp3) is 0.588. The number of rotatable bonds is 4. The van der Waals surface area contributed by atoms with Crippen LogP contribution < -0.4 is 5.32 Å². The molecular formula is C17H23NO. The number of hydrogen-bond acceptors (Lipinski definition) is 1. The van der Waals surface area contributed by atoms with Gasteiger partial charge in [-0.25, -0.2) is 0 Å². The van der Waals surface area contributed by atoms with Crippen molar-refractivity contribution < 1.29 is 4.79 Å². The molecule has 3 atom stereocenters. The summed E-state index contributed by atoms with van der Waals surface area (Å²) in [6, 6.07) is 8.65. The molecular weight excluding hydrogens is 234 g/mol. The Bertz CT molecular complexity index is 472.